The van der Waals surface area contributed by atoms with Crippen LogP contribution in [0.2, 0.25) is 0 Å². The minimum atomic E-state index is -3.32. The molecule has 0 fully saturated rings. The highest BCUT2D eigenvalue weighted by Crippen LogP contribution is 2.17. The summed E-state index contributed by atoms with van der Waals surface area (Å²) in [5.41, 5.74) is 0.940. The molecule has 0 spiro atoms. The number of amides is 1. The number of nitrogens with one attached hydrogen (secondary N) is 1. The second-order valence-electron chi connectivity index (χ2n) is 4.39. The van der Waals surface area contributed by atoms with E-state index in [2.05, 4.69) is 5.32 Å². The lowest BCUT2D eigenvalue weighted by atomic mass is 10.2. The number of rotatable bonds is 6. The van der Waals surface area contributed by atoms with Crippen LogP contribution in [0.1, 0.15) is 30.1 Å². The molecule has 1 rings (SSSR count). The Morgan fingerprint density at radius 3 is 2.63 bits per heavy atom. The Morgan fingerprint density at radius 1 is 1.37 bits per heavy atom. The number of carbonyl (C=O) groups excluding carboxylic acids is 1. The Kier molecular flexibility index (Phi) is 5.35. The number of anilines is 1. The van der Waals surface area contributed by atoms with Crippen LogP contribution >= 0.6 is 0 Å². The average Bonchev–Trinajstić information content (AvgIpc) is 2.37. The molecule has 0 saturated heterocycles. The molecular weight excluding hydrogens is 264 g/mol. The third-order valence-electron chi connectivity index (χ3n) is 2.79. The number of unbranched alkanes of at least 4 members (excludes halogenated alkanes) is 1. The summed E-state index contributed by atoms with van der Waals surface area (Å²) < 4.78 is 24.0. The van der Waals surface area contributed by atoms with Crippen LogP contribution in [0.3, 0.4) is 0 Å². The van der Waals surface area contributed by atoms with E-state index >= 15 is 0 Å². The van der Waals surface area contributed by atoms with Crippen molar-refractivity contribution in [1.29, 1.82) is 0 Å². The zero-order chi connectivity index (χ0) is 14.5. The van der Waals surface area contributed by atoms with Crippen molar-refractivity contribution in [2.45, 2.75) is 19.8 Å². The second kappa shape index (κ2) is 6.56. The molecule has 1 aromatic rings. The highest BCUT2D eigenvalue weighted by atomic mass is 32.2. The summed E-state index contributed by atoms with van der Waals surface area (Å²) in [5, 5.41) is 2.80. The van der Waals surface area contributed by atoms with E-state index in [9.17, 15) is 13.2 Å². The molecule has 0 saturated carbocycles. The zero-order valence-electron chi connectivity index (χ0n) is 11.5. The molecule has 5 nitrogen and oxygen atoms in total. The van der Waals surface area contributed by atoms with Crippen LogP contribution in [-0.2, 0) is 10.0 Å². The smallest absolute Gasteiger partial charge is 0.251 e. The van der Waals surface area contributed by atoms with Gasteiger partial charge in [0.1, 0.15) is 0 Å². The van der Waals surface area contributed by atoms with Gasteiger partial charge in [-0.25, -0.2) is 8.42 Å². The lowest BCUT2D eigenvalue weighted by Crippen LogP contribution is -2.27. The molecule has 6 heteroatoms. The predicted octanol–water partition coefficient (Wildman–Crippen LogP) is 1.61. The first-order valence-electron chi connectivity index (χ1n) is 6.18. The van der Waals surface area contributed by atoms with Crippen molar-refractivity contribution in [3.63, 3.8) is 0 Å². The van der Waals surface area contributed by atoms with Gasteiger partial charge in [0.2, 0.25) is 10.0 Å². The Hall–Kier alpha value is -1.56. The molecule has 19 heavy (non-hydrogen) atoms. The molecule has 1 N–H and O–H groups in total. The van der Waals surface area contributed by atoms with Gasteiger partial charge in [-0.2, -0.15) is 0 Å². The molecule has 0 heterocycles. The lowest BCUT2D eigenvalue weighted by molar-refractivity contribution is 0.0953. The molecule has 0 unspecified atom stereocenters. The summed E-state index contributed by atoms with van der Waals surface area (Å²) in [6, 6.07) is 6.57. The fraction of sp³-hybridized carbons (Fsp3) is 0.462. The third-order valence-corrected chi connectivity index (χ3v) is 3.99. The standard InChI is InChI=1S/C13H20N2O3S/c1-4-5-9-14-13(16)11-7-6-8-12(10-11)15(2)19(3,17)18/h6-8,10H,4-5,9H2,1-3H3,(H,14,16). The quantitative estimate of drug-likeness (QED) is 0.807. The fourth-order valence-corrected chi connectivity index (χ4v) is 2.01. The van der Waals surface area contributed by atoms with Crippen molar-refractivity contribution in [2.75, 3.05) is 24.2 Å². The molecule has 0 aromatic heterocycles. The summed E-state index contributed by atoms with van der Waals surface area (Å²) >= 11 is 0. The van der Waals surface area contributed by atoms with E-state index in [1.807, 2.05) is 6.92 Å². The first kappa shape index (κ1) is 15.5. The molecule has 0 aliphatic carbocycles. The topological polar surface area (TPSA) is 66.5 Å². The zero-order valence-corrected chi connectivity index (χ0v) is 12.3. The summed E-state index contributed by atoms with van der Waals surface area (Å²) in [6.07, 6.45) is 3.06. The Balaban J connectivity index is 2.85. The third kappa shape index (κ3) is 4.55. The SMILES string of the molecule is CCCCNC(=O)c1cccc(N(C)S(C)(=O)=O)c1. The molecule has 1 aromatic carbocycles. The number of hydrogen-bond acceptors (Lipinski definition) is 3. The Morgan fingerprint density at radius 2 is 2.05 bits per heavy atom. The van der Waals surface area contributed by atoms with Crippen LogP contribution in [0.4, 0.5) is 5.69 Å². The lowest BCUT2D eigenvalue weighted by Gasteiger charge is -2.17. The van der Waals surface area contributed by atoms with E-state index in [4.69, 9.17) is 0 Å². The van der Waals surface area contributed by atoms with Crippen molar-refractivity contribution in [3.8, 4) is 0 Å². The van der Waals surface area contributed by atoms with Gasteiger partial charge in [0.25, 0.3) is 5.91 Å². The van der Waals surface area contributed by atoms with Crippen molar-refractivity contribution in [2.24, 2.45) is 0 Å². The van der Waals surface area contributed by atoms with Gasteiger partial charge >= 0.3 is 0 Å². The molecule has 0 bridgehead atoms. The molecular formula is C13H20N2O3S. The highest BCUT2D eigenvalue weighted by molar-refractivity contribution is 7.92. The first-order chi connectivity index (χ1) is 8.86. The maximum Gasteiger partial charge on any atom is 0.251 e. The van der Waals surface area contributed by atoms with E-state index in [-0.39, 0.29) is 5.91 Å². The van der Waals surface area contributed by atoms with Gasteiger partial charge < -0.3 is 5.32 Å². The van der Waals surface area contributed by atoms with Crippen LogP contribution in [0, 0.1) is 0 Å². The van der Waals surface area contributed by atoms with Gasteiger partial charge in [-0.15, -0.1) is 0 Å². The van der Waals surface area contributed by atoms with E-state index in [1.165, 1.54) is 7.05 Å². The summed E-state index contributed by atoms with van der Waals surface area (Å²) in [4.78, 5) is 11.9. The van der Waals surface area contributed by atoms with Gasteiger partial charge in [-0.3, -0.25) is 9.10 Å². The minimum Gasteiger partial charge on any atom is -0.352 e. The number of benzene rings is 1. The van der Waals surface area contributed by atoms with Gasteiger partial charge in [-0.05, 0) is 24.6 Å². The van der Waals surface area contributed by atoms with E-state index in [0.717, 1.165) is 23.4 Å². The number of carbonyl (C=O) groups is 1. The maximum absolute atomic E-state index is 11.9. The van der Waals surface area contributed by atoms with Crippen LogP contribution in [0.15, 0.2) is 24.3 Å². The second-order valence-corrected chi connectivity index (χ2v) is 6.40. The van der Waals surface area contributed by atoms with Gasteiger partial charge in [0.15, 0.2) is 0 Å². The Bertz CT molecular complexity index is 541. The van der Waals surface area contributed by atoms with Crippen molar-refractivity contribution in [1.82, 2.24) is 5.32 Å². The molecule has 0 radical (unpaired) electrons. The summed E-state index contributed by atoms with van der Waals surface area (Å²) in [7, 11) is -1.86. The predicted molar refractivity (Wildman–Crippen MR) is 76.9 cm³/mol. The van der Waals surface area contributed by atoms with Crippen LogP contribution in [-0.4, -0.2) is 34.2 Å². The normalized spacial score (nSPS) is 11.1. The van der Waals surface area contributed by atoms with Crippen molar-refractivity contribution < 1.29 is 13.2 Å². The molecule has 0 aliphatic rings. The average molecular weight is 284 g/mol. The van der Waals surface area contributed by atoms with Crippen molar-refractivity contribution >= 4 is 21.6 Å². The van der Waals surface area contributed by atoms with Crippen LogP contribution < -0.4 is 9.62 Å². The summed E-state index contributed by atoms with van der Waals surface area (Å²) in [6.45, 7) is 2.68. The van der Waals surface area contributed by atoms with Crippen molar-refractivity contribution in [3.05, 3.63) is 29.8 Å². The number of nitrogens with zero attached hydrogens (tertiary/aromatic N) is 1. The van der Waals surface area contributed by atoms with Gasteiger partial charge in [0.05, 0.1) is 11.9 Å². The van der Waals surface area contributed by atoms with Gasteiger partial charge in [0, 0.05) is 19.2 Å². The monoisotopic (exact) mass is 284 g/mol. The molecule has 0 aliphatic heterocycles. The van der Waals surface area contributed by atoms with Crippen LogP contribution in [0.5, 0.6) is 0 Å². The van der Waals surface area contributed by atoms with E-state index < -0.39 is 10.0 Å². The minimum absolute atomic E-state index is 0.183. The molecule has 1 amide bonds. The summed E-state index contributed by atoms with van der Waals surface area (Å²) in [5.74, 6) is -0.183. The van der Waals surface area contributed by atoms with Gasteiger partial charge in [-0.1, -0.05) is 19.4 Å². The van der Waals surface area contributed by atoms with Crippen LogP contribution in [0.25, 0.3) is 0 Å². The first-order valence-corrected chi connectivity index (χ1v) is 8.03. The largest absolute Gasteiger partial charge is 0.352 e. The highest BCUT2D eigenvalue weighted by Gasteiger charge is 2.13. The Labute approximate surface area is 114 Å². The maximum atomic E-state index is 11.9. The van der Waals surface area contributed by atoms with E-state index in [0.29, 0.717) is 17.8 Å². The molecule has 0 atom stereocenters. The van der Waals surface area contributed by atoms with E-state index in [1.54, 1.807) is 24.3 Å². The fourth-order valence-electron chi connectivity index (χ4n) is 1.52. The number of sulfonamides is 1. The number of hydrogen-bond donors (Lipinski definition) is 1. The molecule has 106 valence electrons.